The molecule has 1 aliphatic rings. The Kier molecular flexibility index (Phi) is 9.38. The second-order valence-corrected chi connectivity index (χ2v) is 11.7. The maximum atomic E-state index is 13.3. The molecule has 0 spiro atoms. The van der Waals surface area contributed by atoms with Gasteiger partial charge >= 0.3 is 0 Å². The zero-order valence-corrected chi connectivity index (χ0v) is 24.0. The van der Waals surface area contributed by atoms with Gasteiger partial charge in [-0.3, -0.25) is 9.69 Å². The lowest BCUT2D eigenvalue weighted by Crippen LogP contribution is -2.29. The maximum Gasteiger partial charge on any atom is 0.266 e. The highest BCUT2D eigenvalue weighted by Crippen LogP contribution is 2.36. The van der Waals surface area contributed by atoms with Gasteiger partial charge in [-0.15, -0.1) is 0 Å². The molecule has 4 nitrogen and oxygen atoms in total. The Hall–Kier alpha value is -2.70. The Balaban J connectivity index is 1.65. The first-order chi connectivity index (χ1) is 17.9. The third-order valence-corrected chi connectivity index (χ3v) is 8.22. The molecule has 194 valence electrons. The van der Waals surface area contributed by atoms with Crippen LogP contribution in [0.1, 0.15) is 81.9 Å². The molecule has 1 amide bonds. The van der Waals surface area contributed by atoms with Crippen molar-refractivity contribution in [2.45, 2.75) is 72.1 Å². The predicted molar refractivity (Wildman–Crippen MR) is 161 cm³/mol. The first kappa shape index (κ1) is 27.3. The molecule has 0 unspecified atom stereocenters. The van der Waals surface area contributed by atoms with Crippen molar-refractivity contribution < 1.29 is 4.79 Å². The Morgan fingerprint density at radius 1 is 1.03 bits per heavy atom. The first-order valence-corrected chi connectivity index (χ1v) is 14.6. The van der Waals surface area contributed by atoms with Crippen molar-refractivity contribution in [3.63, 3.8) is 0 Å². The number of thiocarbonyl (C=S) groups is 1. The van der Waals surface area contributed by atoms with Crippen molar-refractivity contribution >= 4 is 40.3 Å². The smallest absolute Gasteiger partial charge is 0.266 e. The van der Waals surface area contributed by atoms with Crippen LogP contribution in [0.15, 0.2) is 59.6 Å². The molecule has 6 heteroatoms. The normalized spacial score (nSPS) is 14.9. The number of aryl methyl sites for hydroxylation is 1. The highest BCUT2D eigenvalue weighted by atomic mass is 32.2. The van der Waals surface area contributed by atoms with Gasteiger partial charge in [0, 0.05) is 23.9 Å². The fourth-order valence-electron chi connectivity index (χ4n) is 4.55. The van der Waals surface area contributed by atoms with Gasteiger partial charge in [0.05, 0.1) is 10.6 Å². The molecule has 0 atom stereocenters. The number of carbonyl (C=O) groups is 1. The highest BCUT2D eigenvalue weighted by Gasteiger charge is 2.32. The molecule has 1 aliphatic heterocycles. The van der Waals surface area contributed by atoms with E-state index in [0.29, 0.717) is 21.7 Å². The van der Waals surface area contributed by atoms with Crippen molar-refractivity contribution in [3.8, 4) is 16.9 Å². The van der Waals surface area contributed by atoms with E-state index in [1.165, 1.54) is 43.0 Å². The van der Waals surface area contributed by atoms with Crippen LogP contribution in [-0.2, 0) is 4.79 Å². The van der Waals surface area contributed by atoms with Crippen LogP contribution >= 0.6 is 24.0 Å². The number of para-hydroxylation sites is 1. The molecular weight excluding hydrogens is 494 g/mol. The molecule has 2 aromatic carbocycles. The van der Waals surface area contributed by atoms with Gasteiger partial charge in [-0.2, -0.15) is 5.10 Å². The van der Waals surface area contributed by atoms with Crippen molar-refractivity contribution in [1.82, 2.24) is 14.7 Å². The van der Waals surface area contributed by atoms with Gasteiger partial charge in [0.1, 0.15) is 10.0 Å². The monoisotopic (exact) mass is 531 g/mol. The zero-order valence-electron chi connectivity index (χ0n) is 22.4. The fourth-order valence-corrected chi connectivity index (χ4v) is 5.85. The summed E-state index contributed by atoms with van der Waals surface area (Å²) < 4.78 is 2.56. The summed E-state index contributed by atoms with van der Waals surface area (Å²) in [5.74, 6) is 0.423. The number of nitrogens with zero attached hydrogens (tertiary/aromatic N) is 3. The summed E-state index contributed by atoms with van der Waals surface area (Å²) in [6.45, 7) is 9.44. The van der Waals surface area contributed by atoms with Crippen molar-refractivity contribution in [1.29, 1.82) is 0 Å². The second-order valence-electron chi connectivity index (χ2n) is 10.0. The standard InChI is InChI=1S/C31H37N3OS2/c1-5-6-7-8-9-13-18-33-30(35)28(37-31(33)36)20-25-21-34(26-14-11-10-12-15-26)32-29(25)27-19-24(22(2)3)17-16-23(27)4/h10-12,14-17,19-22H,5-9,13,18H2,1-4H3. The molecular formula is C31H37N3OS2. The van der Waals surface area contributed by atoms with Crippen LogP contribution in [0.25, 0.3) is 23.0 Å². The van der Waals surface area contributed by atoms with E-state index >= 15 is 0 Å². The van der Waals surface area contributed by atoms with Crippen LogP contribution in [0.4, 0.5) is 0 Å². The Morgan fingerprint density at radius 2 is 1.76 bits per heavy atom. The summed E-state index contributed by atoms with van der Waals surface area (Å²) in [4.78, 5) is 15.8. The third-order valence-electron chi connectivity index (χ3n) is 6.84. The molecule has 0 bridgehead atoms. The number of carbonyl (C=O) groups excluding carboxylic acids is 1. The van der Waals surface area contributed by atoms with Crippen molar-refractivity contribution in [2.75, 3.05) is 6.54 Å². The Morgan fingerprint density at radius 3 is 2.49 bits per heavy atom. The van der Waals surface area contributed by atoms with Crippen LogP contribution in [-0.4, -0.2) is 31.5 Å². The van der Waals surface area contributed by atoms with Gasteiger partial charge in [0.2, 0.25) is 0 Å². The van der Waals surface area contributed by atoms with Gasteiger partial charge < -0.3 is 0 Å². The molecule has 0 N–H and O–H groups in total. The average Bonchev–Trinajstić information content (AvgIpc) is 3.42. The lowest BCUT2D eigenvalue weighted by atomic mass is 9.95. The van der Waals surface area contributed by atoms with E-state index in [1.807, 2.05) is 47.3 Å². The van der Waals surface area contributed by atoms with Crippen LogP contribution in [0.3, 0.4) is 0 Å². The molecule has 37 heavy (non-hydrogen) atoms. The van der Waals surface area contributed by atoms with Crippen LogP contribution in [0, 0.1) is 6.92 Å². The SMILES string of the molecule is CCCCCCCCN1C(=O)C(=Cc2cn(-c3ccccc3)nc2-c2cc(C(C)C)ccc2C)SC1=S. The van der Waals surface area contributed by atoms with Crippen molar-refractivity contribution in [2.24, 2.45) is 0 Å². The summed E-state index contributed by atoms with van der Waals surface area (Å²) in [5, 5.41) is 5.01. The predicted octanol–water partition coefficient (Wildman–Crippen LogP) is 8.53. The topological polar surface area (TPSA) is 38.1 Å². The largest absolute Gasteiger partial charge is 0.293 e. The third kappa shape index (κ3) is 6.60. The summed E-state index contributed by atoms with van der Waals surface area (Å²) in [7, 11) is 0. The number of hydrogen-bond donors (Lipinski definition) is 0. The quantitative estimate of drug-likeness (QED) is 0.141. The summed E-state index contributed by atoms with van der Waals surface area (Å²) >= 11 is 7.01. The lowest BCUT2D eigenvalue weighted by Gasteiger charge is -2.14. The van der Waals surface area contributed by atoms with E-state index in [-0.39, 0.29) is 5.91 Å². The molecule has 2 heterocycles. The average molecular weight is 532 g/mol. The van der Waals surface area contributed by atoms with E-state index < -0.39 is 0 Å². The van der Waals surface area contributed by atoms with Gasteiger partial charge in [0.25, 0.3) is 5.91 Å². The minimum atomic E-state index is 0.00891. The number of benzene rings is 2. The van der Waals surface area contributed by atoms with Crippen molar-refractivity contribution in [3.05, 3.63) is 76.3 Å². The molecule has 0 aliphatic carbocycles. The van der Waals surface area contributed by atoms with Crippen LogP contribution < -0.4 is 0 Å². The molecule has 1 aromatic heterocycles. The van der Waals surface area contributed by atoms with Gasteiger partial charge in [-0.25, -0.2) is 4.68 Å². The molecule has 3 aromatic rings. The maximum absolute atomic E-state index is 13.3. The number of unbranched alkanes of at least 4 members (excludes halogenated alkanes) is 5. The Bertz CT molecular complexity index is 1280. The van der Waals surface area contributed by atoms with Crippen LogP contribution in [0.5, 0.6) is 0 Å². The number of hydrogen-bond acceptors (Lipinski definition) is 4. The molecule has 0 radical (unpaired) electrons. The summed E-state index contributed by atoms with van der Waals surface area (Å²) in [6, 6.07) is 16.7. The number of thioether (sulfide) groups is 1. The molecule has 1 fully saturated rings. The van der Waals surface area contributed by atoms with E-state index in [0.717, 1.165) is 40.9 Å². The first-order valence-electron chi connectivity index (χ1n) is 13.4. The number of amides is 1. The van der Waals surface area contributed by atoms with Gasteiger partial charge in [0.15, 0.2) is 0 Å². The van der Waals surface area contributed by atoms with Gasteiger partial charge in [-0.05, 0) is 54.7 Å². The van der Waals surface area contributed by atoms with E-state index in [2.05, 4.69) is 45.9 Å². The Labute approximate surface area is 231 Å². The number of rotatable bonds is 11. The lowest BCUT2D eigenvalue weighted by molar-refractivity contribution is -0.122. The van der Waals surface area contributed by atoms with E-state index in [4.69, 9.17) is 17.3 Å². The zero-order chi connectivity index (χ0) is 26.4. The van der Waals surface area contributed by atoms with E-state index in [9.17, 15) is 4.79 Å². The minimum absolute atomic E-state index is 0.00891. The molecule has 1 saturated heterocycles. The van der Waals surface area contributed by atoms with Gasteiger partial charge in [-0.1, -0.05) is 107 Å². The fraction of sp³-hybridized carbons (Fsp3) is 0.387. The number of aromatic nitrogens is 2. The molecule has 0 saturated carbocycles. The minimum Gasteiger partial charge on any atom is -0.293 e. The van der Waals surface area contributed by atoms with Crippen LogP contribution in [0.2, 0.25) is 0 Å². The summed E-state index contributed by atoms with van der Waals surface area (Å²) in [5.41, 5.74) is 6.31. The molecule has 4 rings (SSSR count). The second kappa shape index (κ2) is 12.7. The van der Waals surface area contributed by atoms with E-state index in [1.54, 1.807) is 4.90 Å². The highest BCUT2D eigenvalue weighted by molar-refractivity contribution is 8.26. The summed E-state index contributed by atoms with van der Waals surface area (Å²) in [6.07, 6.45) is 11.1.